The van der Waals surface area contributed by atoms with Crippen LogP contribution in [0.25, 0.3) is 33.5 Å². The number of hydrogen-bond donors (Lipinski definition) is 1. The maximum Gasteiger partial charge on any atom is 0.254 e. The third-order valence-electron chi connectivity index (χ3n) is 10.8. The zero-order chi connectivity index (χ0) is 34.7. The number of likely N-dealkylation sites (tertiary alicyclic amines) is 2. The molecule has 8 rings (SSSR count). The summed E-state index contributed by atoms with van der Waals surface area (Å²) < 4.78 is 26.9. The number of aryl methyl sites for hydroxylation is 1. The molecule has 1 unspecified atom stereocenters. The molecule has 12 heteroatoms. The van der Waals surface area contributed by atoms with Crippen molar-refractivity contribution in [3.05, 3.63) is 65.5 Å². The Morgan fingerprint density at radius 2 is 1.82 bits per heavy atom. The lowest BCUT2D eigenvalue weighted by atomic mass is 9.88. The Morgan fingerprint density at radius 1 is 1.02 bits per heavy atom. The van der Waals surface area contributed by atoms with Crippen LogP contribution >= 0.6 is 0 Å². The number of hydrogen-bond acceptors (Lipinski definition) is 6. The van der Waals surface area contributed by atoms with Crippen LogP contribution in [-0.4, -0.2) is 91.0 Å². The van der Waals surface area contributed by atoms with Crippen molar-refractivity contribution < 1.29 is 18.7 Å². The number of piperidine rings is 2. The molecule has 5 aromatic rings. The van der Waals surface area contributed by atoms with Gasteiger partial charge >= 0.3 is 0 Å². The summed E-state index contributed by atoms with van der Waals surface area (Å²) in [6.07, 6.45) is 7.22. The molecule has 3 fully saturated rings. The highest BCUT2D eigenvalue weighted by molar-refractivity contribution is 6.00. The average Bonchev–Trinajstić information content (AvgIpc) is 3.55. The molecule has 2 saturated heterocycles. The van der Waals surface area contributed by atoms with Gasteiger partial charge in [0.1, 0.15) is 17.4 Å². The van der Waals surface area contributed by atoms with E-state index in [1.807, 2.05) is 24.3 Å². The van der Waals surface area contributed by atoms with E-state index in [4.69, 9.17) is 15.5 Å². The predicted molar refractivity (Wildman–Crippen MR) is 190 cm³/mol. The summed E-state index contributed by atoms with van der Waals surface area (Å²) in [5.41, 5.74) is 12.5. The molecule has 50 heavy (non-hydrogen) atoms. The summed E-state index contributed by atoms with van der Waals surface area (Å²) >= 11 is 0. The van der Waals surface area contributed by atoms with Gasteiger partial charge in [0, 0.05) is 68.9 Å². The highest BCUT2D eigenvalue weighted by atomic mass is 19.1. The number of alkyl halides is 1. The quantitative estimate of drug-likeness (QED) is 0.244. The first kappa shape index (κ1) is 32.5. The number of amides is 2. The second-order valence-electron chi connectivity index (χ2n) is 14.5. The smallest absolute Gasteiger partial charge is 0.254 e. The number of ether oxygens (including phenoxy) is 1. The second-order valence-corrected chi connectivity index (χ2v) is 14.5. The van der Waals surface area contributed by atoms with E-state index in [0.717, 1.165) is 60.5 Å². The number of carbonyl (C=O) groups is 2. The molecule has 1 aliphatic carbocycles. The Balaban J connectivity index is 1.29. The minimum Gasteiger partial charge on any atom is -0.494 e. The van der Waals surface area contributed by atoms with E-state index in [2.05, 4.69) is 38.5 Å². The molecule has 3 aromatic heterocycles. The molecular formula is C38H45FN8O3. The van der Waals surface area contributed by atoms with E-state index >= 15 is 0 Å². The van der Waals surface area contributed by atoms with Crippen molar-refractivity contribution >= 4 is 33.8 Å². The van der Waals surface area contributed by atoms with Gasteiger partial charge in [0.2, 0.25) is 5.91 Å². The molecule has 2 amide bonds. The molecule has 1 saturated carbocycles. The highest BCUT2D eigenvalue weighted by Crippen LogP contribution is 2.42. The number of carbonyl (C=O) groups excluding carboxylic acids is 2. The van der Waals surface area contributed by atoms with Crippen LogP contribution in [0.4, 0.5) is 4.39 Å². The molecule has 2 aliphatic heterocycles. The number of para-hydroxylation sites is 1. The zero-order valence-electron chi connectivity index (χ0n) is 29.0. The van der Waals surface area contributed by atoms with Gasteiger partial charge < -0.3 is 29.4 Å². The minimum absolute atomic E-state index is 0.0188. The van der Waals surface area contributed by atoms with Crippen LogP contribution in [-0.2, 0) is 24.9 Å². The van der Waals surface area contributed by atoms with E-state index < -0.39 is 12.2 Å². The summed E-state index contributed by atoms with van der Waals surface area (Å²) in [5, 5.41) is 5.60. The number of methoxy groups -OCH3 is 1. The van der Waals surface area contributed by atoms with Crippen LogP contribution in [0, 0.1) is 5.92 Å². The Morgan fingerprint density at radius 3 is 2.50 bits per heavy atom. The van der Waals surface area contributed by atoms with E-state index in [-0.39, 0.29) is 24.8 Å². The van der Waals surface area contributed by atoms with Crippen molar-refractivity contribution in [1.29, 1.82) is 0 Å². The number of rotatable bonds is 8. The third-order valence-corrected chi connectivity index (χ3v) is 10.8. The molecule has 262 valence electrons. The van der Waals surface area contributed by atoms with E-state index in [1.54, 1.807) is 30.8 Å². The summed E-state index contributed by atoms with van der Waals surface area (Å²) in [6, 6.07) is 12.0. The van der Waals surface area contributed by atoms with Crippen LogP contribution in [0.5, 0.6) is 5.75 Å². The van der Waals surface area contributed by atoms with E-state index in [1.165, 1.54) is 28.8 Å². The van der Waals surface area contributed by atoms with Gasteiger partial charge in [-0.1, -0.05) is 18.2 Å². The topological polar surface area (TPSA) is 116 Å². The van der Waals surface area contributed by atoms with Crippen LogP contribution in [0.1, 0.15) is 66.4 Å². The Hall–Kier alpha value is -4.71. The van der Waals surface area contributed by atoms with Crippen molar-refractivity contribution in [2.75, 3.05) is 33.3 Å². The molecule has 2 aromatic carbocycles. The number of halogens is 1. The summed E-state index contributed by atoms with van der Waals surface area (Å²) in [6.45, 7) is 4.89. The minimum atomic E-state index is -1.15. The molecule has 0 radical (unpaired) electrons. The number of nitrogens with zero attached hydrogens (tertiary/aromatic N) is 7. The largest absolute Gasteiger partial charge is 0.494 e. The van der Waals surface area contributed by atoms with Crippen LogP contribution in [0.2, 0.25) is 0 Å². The molecule has 2 atom stereocenters. The van der Waals surface area contributed by atoms with Crippen molar-refractivity contribution in [2.45, 2.75) is 70.2 Å². The zero-order valence-corrected chi connectivity index (χ0v) is 29.0. The number of fused-ring (bicyclic) bond motifs is 2. The van der Waals surface area contributed by atoms with Crippen molar-refractivity contribution in [3.8, 4) is 17.3 Å². The van der Waals surface area contributed by atoms with Gasteiger partial charge in [-0.3, -0.25) is 14.3 Å². The van der Waals surface area contributed by atoms with Gasteiger partial charge in [-0.05, 0) is 67.7 Å². The van der Waals surface area contributed by atoms with Crippen molar-refractivity contribution in [3.63, 3.8) is 0 Å². The van der Waals surface area contributed by atoms with Gasteiger partial charge in [0.05, 0.1) is 43.1 Å². The maximum atomic E-state index is 14.5. The first-order chi connectivity index (χ1) is 24.2. The molecule has 11 nitrogen and oxygen atoms in total. The fraction of sp³-hybridized carbons (Fsp3) is 0.474. The standard InChI is InChI=1S/C38H45FN8O3/c1-23(48)44-11-9-26(10-12-44)31-6-4-5-27-14-33(46(35(27)31)19-24-7-8-24)37-42-32-13-28(38(49)45-21-29(39)16-30(40)22-45)15-34(50-3)36(32)47(37)20-25-17-41-43(2)18-25/h4-6,13-15,17-18,24,26,29-30H,7-12,16,19-22,40H2,1-3H3/t29?,30-/m1/s1. The van der Waals surface area contributed by atoms with Gasteiger partial charge in [0.25, 0.3) is 5.91 Å². The average molecular weight is 681 g/mol. The van der Waals surface area contributed by atoms with E-state index in [0.29, 0.717) is 41.8 Å². The normalized spacial score (nSPS) is 20.3. The molecule has 2 N–H and O–H groups in total. The lowest BCUT2D eigenvalue weighted by molar-refractivity contribution is -0.129. The van der Waals surface area contributed by atoms with Crippen LogP contribution < -0.4 is 10.5 Å². The third kappa shape index (κ3) is 6.03. The maximum absolute atomic E-state index is 14.5. The SMILES string of the molecule is COc1cc(C(=O)N2CC(F)C[C@@H](N)C2)cc2nc(-c3cc4cccc(C5CCN(C(C)=O)CC5)c4n3CC3CC3)n(Cc3cnn(C)c3)c12. The first-order valence-corrected chi connectivity index (χ1v) is 17.8. The monoisotopic (exact) mass is 680 g/mol. The van der Waals surface area contributed by atoms with Gasteiger partial charge in [-0.15, -0.1) is 0 Å². The fourth-order valence-electron chi connectivity index (χ4n) is 8.14. The lowest BCUT2D eigenvalue weighted by Gasteiger charge is -2.33. The molecular weight excluding hydrogens is 635 g/mol. The molecule has 0 spiro atoms. The Labute approximate surface area is 290 Å². The summed E-state index contributed by atoms with van der Waals surface area (Å²) in [4.78, 5) is 34.6. The second kappa shape index (κ2) is 12.9. The number of imidazole rings is 1. The first-order valence-electron chi connectivity index (χ1n) is 17.8. The molecule has 3 aliphatic rings. The summed E-state index contributed by atoms with van der Waals surface area (Å²) in [5.74, 6) is 2.11. The predicted octanol–water partition coefficient (Wildman–Crippen LogP) is 5.10. The van der Waals surface area contributed by atoms with Crippen molar-refractivity contribution in [1.82, 2.24) is 33.7 Å². The van der Waals surface area contributed by atoms with E-state index in [9.17, 15) is 14.0 Å². The Kier molecular flexibility index (Phi) is 8.37. The Bertz CT molecular complexity index is 2080. The number of aromatic nitrogens is 5. The van der Waals surface area contributed by atoms with Crippen molar-refractivity contribution in [2.24, 2.45) is 18.7 Å². The highest BCUT2D eigenvalue weighted by Gasteiger charge is 2.32. The molecule has 5 heterocycles. The van der Waals surface area contributed by atoms with Crippen LogP contribution in [0.15, 0.2) is 48.8 Å². The lowest BCUT2D eigenvalue weighted by Crippen LogP contribution is -2.50. The van der Waals surface area contributed by atoms with Gasteiger partial charge in [0.15, 0.2) is 5.82 Å². The van der Waals surface area contributed by atoms with Gasteiger partial charge in [-0.25, -0.2) is 9.37 Å². The van der Waals surface area contributed by atoms with Crippen LogP contribution in [0.3, 0.4) is 0 Å². The number of nitrogens with two attached hydrogens (primary N) is 1. The fourth-order valence-corrected chi connectivity index (χ4v) is 8.14. The van der Waals surface area contributed by atoms with Gasteiger partial charge in [-0.2, -0.15) is 5.10 Å². The summed E-state index contributed by atoms with van der Waals surface area (Å²) in [7, 11) is 3.51. The number of benzene rings is 2. The molecule has 0 bridgehead atoms.